The second kappa shape index (κ2) is 13.6. The Morgan fingerprint density at radius 2 is 1.70 bits per heavy atom. The molecular formula is C25H32Cl3N3O5S. The molecule has 0 radical (unpaired) electrons. The van der Waals surface area contributed by atoms with Crippen LogP contribution in [0.2, 0.25) is 15.1 Å². The Kier molecular flexibility index (Phi) is 11.4. The van der Waals surface area contributed by atoms with E-state index in [-0.39, 0.29) is 29.2 Å². The van der Waals surface area contributed by atoms with Crippen molar-refractivity contribution < 1.29 is 22.7 Å². The van der Waals surface area contributed by atoms with Gasteiger partial charge in [-0.25, -0.2) is 8.42 Å². The van der Waals surface area contributed by atoms with E-state index in [0.717, 1.165) is 10.6 Å². The molecular weight excluding hydrogens is 561 g/mol. The fourth-order valence-corrected chi connectivity index (χ4v) is 5.18. The summed E-state index contributed by atoms with van der Waals surface area (Å²) in [5.41, 5.74) is 0.746. The van der Waals surface area contributed by atoms with Gasteiger partial charge in [0.1, 0.15) is 18.3 Å². The first-order valence-corrected chi connectivity index (χ1v) is 14.7. The van der Waals surface area contributed by atoms with Gasteiger partial charge in [-0.05, 0) is 55.7 Å². The zero-order valence-corrected chi connectivity index (χ0v) is 24.5. The maximum absolute atomic E-state index is 13.7. The second-order valence-electron chi connectivity index (χ2n) is 8.59. The zero-order valence-electron chi connectivity index (χ0n) is 21.4. The van der Waals surface area contributed by atoms with Crippen LogP contribution in [0.15, 0.2) is 36.4 Å². The molecule has 0 aliphatic rings. The molecule has 2 amide bonds. The number of hydrogen-bond acceptors (Lipinski definition) is 5. The van der Waals surface area contributed by atoms with E-state index in [1.54, 1.807) is 25.1 Å². The van der Waals surface area contributed by atoms with Crippen LogP contribution in [0.1, 0.15) is 39.2 Å². The Labute approximate surface area is 233 Å². The molecule has 37 heavy (non-hydrogen) atoms. The molecule has 8 nitrogen and oxygen atoms in total. The number of sulfonamides is 1. The number of nitrogens with zero attached hydrogens (tertiary/aromatic N) is 2. The lowest BCUT2D eigenvalue weighted by molar-refractivity contribution is -0.140. The van der Waals surface area contributed by atoms with Crippen molar-refractivity contribution in [2.24, 2.45) is 0 Å². The van der Waals surface area contributed by atoms with Crippen molar-refractivity contribution in [3.8, 4) is 5.75 Å². The van der Waals surface area contributed by atoms with Crippen LogP contribution in [-0.2, 0) is 26.2 Å². The molecule has 12 heteroatoms. The molecule has 2 atom stereocenters. The Bertz CT molecular complexity index is 1230. The normalized spacial score (nSPS) is 13.0. The highest BCUT2D eigenvalue weighted by Crippen LogP contribution is 2.31. The molecule has 0 aromatic heterocycles. The monoisotopic (exact) mass is 591 g/mol. The molecule has 2 aromatic rings. The number of rotatable bonds is 12. The van der Waals surface area contributed by atoms with E-state index in [1.165, 1.54) is 30.2 Å². The summed E-state index contributed by atoms with van der Waals surface area (Å²) < 4.78 is 31.5. The van der Waals surface area contributed by atoms with Gasteiger partial charge in [-0.2, -0.15) is 0 Å². The summed E-state index contributed by atoms with van der Waals surface area (Å²) in [4.78, 5) is 28.2. The Balaban J connectivity index is 2.50. The molecule has 0 heterocycles. The Morgan fingerprint density at radius 1 is 1.03 bits per heavy atom. The molecule has 0 spiro atoms. The number of carbonyl (C=O) groups excluding carboxylic acids is 2. The maximum Gasteiger partial charge on any atom is 0.244 e. The molecule has 0 bridgehead atoms. The average molecular weight is 593 g/mol. The number of methoxy groups -OCH3 is 1. The lowest BCUT2D eigenvalue weighted by Crippen LogP contribution is -2.53. The van der Waals surface area contributed by atoms with Crippen molar-refractivity contribution in [2.75, 3.05) is 24.2 Å². The minimum atomic E-state index is -3.90. The summed E-state index contributed by atoms with van der Waals surface area (Å²) >= 11 is 18.6. The van der Waals surface area contributed by atoms with E-state index in [9.17, 15) is 18.0 Å². The van der Waals surface area contributed by atoms with Crippen LogP contribution in [0.25, 0.3) is 0 Å². The van der Waals surface area contributed by atoms with Gasteiger partial charge in [0.15, 0.2) is 0 Å². The Morgan fingerprint density at radius 3 is 2.22 bits per heavy atom. The number of carbonyl (C=O) groups is 2. The molecule has 0 aliphatic heterocycles. The fraction of sp³-hybridized carbons (Fsp3) is 0.440. The SMILES string of the molecule is CC[C@H](C(=O)N[C@@H](C)CC)N(Cc1ccc(Cl)cc1Cl)C(=O)CN(c1ccc(OC)c(Cl)c1)S(C)(=O)=O. The molecule has 0 unspecified atom stereocenters. The van der Waals surface area contributed by atoms with Crippen molar-refractivity contribution in [3.63, 3.8) is 0 Å². The molecule has 2 aromatic carbocycles. The van der Waals surface area contributed by atoms with E-state index >= 15 is 0 Å². The van der Waals surface area contributed by atoms with E-state index in [1.807, 2.05) is 13.8 Å². The summed E-state index contributed by atoms with van der Waals surface area (Å²) in [5, 5.41) is 3.84. The second-order valence-corrected chi connectivity index (χ2v) is 11.7. The molecule has 1 N–H and O–H groups in total. The summed E-state index contributed by atoms with van der Waals surface area (Å²) in [5.74, 6) is -0.569. The lowest BCUT2D eigenvalue weighted by Gasteiger charge is -2.33. The number of ether oxygens (including phenoxy) is 1. The first-order valence-electron chi connectivity index (χ1n) is 11.7. The van der Waals surface area contributed by atoms with Crippen molar-refractivity contribution in [2.45, 2.75) is 52.2 Å². The largest absolute Gasteiger partial charge is 0.495 e. The highest BCUT2D eigenvalue weighted by Gasteiger charge is 2.32. The summed E-state index contributed by atoms with van der Waals surface area (Å²) in [7, 11) is -2.46. The van der Waals surface area contributed by atoms with Gasteiger partial charge in [-0.3, -0.25) is 13.9 Å². The molecule has 0 saturated heterocycles. The van der Waals surface area contributed by atoms with Crippen LogP contribution < -0.4 is 14.4 Å². The predicted octanol–water partition coefficient (Wildman–Crippen LogP) is 5.14. The summed E-state index contributed by atoms with van der Waals surface area (Å²) in [6.45, 7) is 5.00. The first-order chi connectivity index (χ1) is 17.3. The third-order valence-corrected chi connectivity index (χ3v) is 7.87. The van der Waals surface area contributed by atoms with Crippen molar-refractivity contribution in [1.82, 2.24) is 10.2 Å². The molecule has 2 rings (SSSR count). The smallest absolute Gasteiger partial charge is 0.244 e. The molecule has 0 fully saturated rings. The number of nitrogens with one attached hydrogen (secondary N) is 1. The average Bonchev–Trinajstić information content (AvgIpc) is 2.82. The molecule has 0 saturated carbocycles. The number of benzene rings is 2. The number of hydrogen-bond donors (Lipinski definition) is 1. The third kappa shape index (κ3) is 8.40. The van der Waals surface area contributed by atoms with Crippen LogP contribution in [0.3, 0.4) is 0 Å². The lowest BCUT2D eigenvalue weighted by atomic mass is 10.1. The standard InChI is InChI=1S/C25H32Cl3N3O5S/c1-6-16(3)29-25(33)22(7-2)30(14-17-8-9-18(26)12-20(17)27)24(32)15-31(37(5,34)35)19-10-11-23(36-4)21(28)13-19/h8-13,16,22H,6-7,14-15H2,1-5H3,(H,29,33)/t16-,22+/m0/s1. The van der Waals surface area contributed by atoms with Gasteiger partial charge in [0, 0.05) is 22.6 Å². The fourth-order valence-electron chi connectivity index (χ4n) is 3.62. The van der Waals surface area contributed by atoms with Crippen LogP contribution in [-0.4, -0.2) is 57.1 Å². The van der Waals surface area contributed by atoms with Gasteiger partial charge in [0.2, 0.25) is 21.8 Å². The van der Waals surface area contributed by atoms with E-state index in [2.05, 4.69) is 5.32 Å². The van der Waals surface area contributed by atoms with Gasteiger partial charge in [-0.15, -0.1) is 0 Å². The molecule has 0 aliphatic carbocycles. The van der Waals surface area contributed by atoms with E-state index in [4.69, 9.17) is 39.5 Å². The van der Waals surface area contributed by atoms with Crippen molar-refractivity contribution in [1.29, 1.82) is 0 Å². The van der Waals surface area contributed by atoms with Gasteiger partial charge in [0.05, 0.1) is 24.1 Å². The van der Waals surface area contributed by atoms with Crippen molar-refractivity contribution >= 4 is 62.3 Å². The third-order valence-electron chi connectivity index (χ3n) is 5.85. The van der Waals surface area contributed by atoms with Gasteiger partial charge >= 0.3 is 0 Å². The van der Waals surface area contributed by atoms with Crippen LogP contribution in [0.5, 0.6) is 5.75 Å². The minimum absolute atomic E-state index is 0.0256. The summed E-state index contributed by atoms with van der Waals surface area (Å²) in [6.07, 6.45) is 2.00. The Hall–Kier alpha value is -2.20. The number of anilines is 1. The van der Waals surface area contributed by atoms with Crippen molar-refractivity contribution in [3.05, 3.63) is 57.0 Å². The van der Waals surface area contributed by atoms with E-state index in [0.29, 0.717) is 34.2 Å². The van der Waals surface area contributed by atoms with Crippen LogP contribution in [0.4, 0.5) is 5.69 Å². The number of halogens is 3. The first kappa shape index (κ1) is 31.0. The highest BCUT2D eigenvalue weighted by atomic mass is 35.5. The van der Waals surface area contributed by atoms with Gasteiger partial charge in [-0.1, -0.05) is 54.7 Å². The van der Waals surface area contributed by atoms with Crippen LogP contribution in [0, 0.1) is 0 Å². The number of amides is 2. The minimum Gasteiger partial charge on any atom is -0.495 e. The maximum atomic E-state index is 13.7. The quantitative estimate of drug-likeness (QED) is 0.368. The van der Waals surface area contributed by atoms with E-state index < -0.39 is 28.5 Å². The predicted molar refractivity (Wildman–Crippen MR) is 149 cm³/mol. The highest BCUT2D eigenvalue weighted by molar-refractivity contribution is 7.92. The van der Waals surface area contributed by atoms with Gasteiger partial charge in [0.25, 0.3) is 0 Å². The summed E-state index contributed by atoms with van der Waals surface area (Å²) in [6, 6.07) is 8.29. The van der Waals surface area contributed by atoms with Gasteiger partial charge < -0.3 is 15.0 Å². The molecule has 204 valence electrons. The van der Waals surface area contributed by atoms with Crippen LogP contribution >= 0.6 is 34.8 Å². The topological polar surface area (TPSA) is 96.0 Å². The zero-order chi connectivity index (χ0) is 27.9.